The van der Waals surface area contributed by atoms with Gasteiger partial charge in [0.1, 0.15) is 0 Å². The van der Waals surface area contributed by atoms with E-state index in [4.69, 9.17) is 0 Å². The van der Waals surface area contributed by atoms with Crippen LogP contribution >= 0.6 is 7.60 Å². The molecule has 0 saturated heterocycles. The summed E-state index contributed by atoms with van der Waals surface area (Å²) in [6.45, 7) is 0. The Kier molecular flexibility index (Phi) is 4.58. The molecule has 3 nitrogen and oxygen atoms in total. The third kappa shape index (κ3) is 4.32. The summed E-state index contributed by atoms with van der Waals surface area (Å²) in [5.74, 6) is -1.69. The van der Waals surface area contributed by atoms with E-state index >= 15 is 0 Å². The lowest BCUT2D eigenvalue weighted by Gasteiger charge is -2.16. The first-order chi connectivity index (χ1) is 10.2. The molecule has 0 aliphatic rings. The third-order valence-corrected chi connectivity index (χ3v) is 3.91. The Balaban J connectivity index is 2.32. The van der Waals surface area contributed by atoms with E-state index in [1.165, 1.54) is 12.1 Å². The van der Waals surface area contributed by atoms with Crippen molar-refractivity contribution in [3.8, 4) is 16.9 Å². The number of hydrogen-bond acceptors (Lipinski definition) is 2. The number of halogens is 4. The predicted molar refractivity (Wildman–Crippen MR) is 73.2 cm³/mol. The lowest BCUT2D eigenvalue weighted by Crippen LogP contribution is -2.16. The van der Waals surface area contributed by atoms with Gasteiger partial charge in [-0.15, -0.1) is 0 Å². The second kappa shape index (κ2) is 6.10. The Morgan fingerprint density at radius 2 is 1.68 bits per heavy atom. The highest BCUT2D eigenvalue weighted by Crippen LogP contribution is 2.48. The van der Waals surface area contributed by atoms with Crippen LogP contribution in [0.15, 0.2) is 48.5 Å². The molecule has 0 saturated carbocycles. The zero-order chi connectivity index (χ0) is 16.4. The van der Waals surface area contributed by atoms with E-state index in [1.807, 2.05) is 0 Å². The van der Waals surface area contributed by atoms with E-state index in [1.54, 1.807) is 30.3 Å². The highest BCUT2D eigenvalue weighted by Gasteiger charge is 2.40. The Bertz CT molecular complexity index is 701. The fourth-order valence-corrected chi connectivity index (χ4v) is 2.80. The molecule has 0 spiro atoms. The summed E-state index contributed by atoms with van der Waals surface area (Å²) in [6.07, 6.45) is -6.94. The molecule has 0 aromatic heterocycles. The van der Waals surface area contributed by atoms with Gasteiger partial charge in [0.15, 0.2) is 17.7 Å². The van der Waals surface area contributed by atoms with Crippen molar-refractivity contribution in [2.45, 2.75) is 6.18 Å². The lowest BCUT2D eigenvalue weighted by molar-refractivity contribution is -0.109. The van der Waals surface area contributed by atoms with Crippen LogP contribution in [0.2, 0.25) is 0 Å². The molecule has 1 atom stereocenters. The number of benzene rings is 2. The number of rotatable bonds is 4. The van der Waals surface area contributed by atoms with Crippen molar-refractivity contribution in [1.29, 1.82) is 0 Å². The average Bonchev–Trinajstić information content (AvgIpc) is 2.39. The van der Waals surface area contributed by atoms with Gasteiger partial charge in [0, 0.05) is 5.56 Å². The molecular weight excluding hydrogens is 323 g/mol. The molecule has 0 amide bonds. The van der Waals surface area contributed by atoms with E-state index in [-0.39, 0.29) is 5.56 Å². The Labute approximate surface area is 123 Å². The minimum Gasteiger partial charge on any atom is -0.421 e. The molecule has 22 heavy (non-hydrogen) atoms. The molecule has 0 radical (unpaired) electrons. The molecule has 0 heterocycles. The van der Waals surface area contributed by atoms with Crippen LogP contribution < -0.4 is 4.52 Å². The summed E-state index contributed by atoms with van der Waals surface area (Å²) in [7, 11) is -5.04. The van der Waals surface area contributed by atoms with E-state index in [0.29, 0.717) is 5.56 Å². The van der Waals surface area contributed by atoms with Crippen molar-refractivity contribution >= 4 is 7.60 Å². The predicted octanol–water partition coefficient (Wildman–Crippen LogP) is 4.62. The van der Waals surface area contributed by atoms with Crippen molar-refractivity contribution < 1.29 is 31.5 Å². The first-order valence-electron chi connectivity index (χ1n) is 6.10. The fourth-order valence-electron chi connectivity index (χ4n) is 1.83. The second-order valence-corrected chi connectivity index (χ2v) is 6.26. The van der Waals surface area contributed by atoms with Crippen LogP contribution in [0.4, 0.5) is 17.6 Å². The minimum absolute atomic E-state index is 0.0603. The quantitative estimate of drug-likeness (QED) is 0.656. The van der Waals surface area contributed by atoms with Crippen molar-refractivity contribution in [2.24, 2.45) is 0 Å². The number of hydrogen-bond donors (Lipinski definition) is 1. The summed E-state index contributed by atoms with van der Waals surface area (Å²) in [6, 6.07) is 11.9. The van der Waals surface area contributed by atoms with Crippen LogP contribution in [0.1, 0.15) is 0 Å². The summed E-state index contributed by atoms with van der Waals surface area (Å²) in [4.78, 5) is 9.24. The van der Waals surface area contributed by atoms with Crippen LogP contribution in [0.25, 0.3) is 11.1 Å². The first kappa shape index (κ1) is 16.5. The maximum atomic E-state index is 14.3. The normalized spacial score (nSPS) is 14.4. The minimum atomic E-state index is -5.04. The smallest absolute Gasteiger partial charge is 0.401 e. The van der Waals surface area contributed by atoms with Crippen LogP contribution in [0.3, 0.4) is 0 Å². The van der Waals surface area contributed by atoms with Crippen LogP contribution in [0.5, 0.6) is 5.75 Å². The Morgan fingerprint density at radius 3 is 2.27 bits per heavy atom. The Hall–Kier alpha value is -1.85. The van der Waals surface area contributed by atoms with Crippen molar-refractivity contribution in [3.05, 3.63) is 54.3 Å². The van der Waals surface area contributed by atoms with Crippen molar-refractivity contribution in [2.75, 3.05) is 6.16 Å². The molecule has 0 bridgehead atoms. The molecule has 2 aromatic carbocycles. The maximum absolute atomic E-state index is 14.3. The molecule has 118 valence electrons. The van der Waals surface area contributed by atoms with Gasteiger partial charge < -0.3 is 9.42 Å². The van der Waals surface area contributed by atoms with E-state index < -0.39 is 31.5 Å². The van der Waals surface area contributed by atoms with Gasteiger partial charge in [-0.2, -0.15) is 13.2 Å². The summed E-state index contributed by atoms with van der Waals surface area (Å²) < 4.78 is 66.7. The summed E-state index contributed by atoms with van der Waals surface area (Å²) >= 11 is 0. The highest BCUT2D eigenvalue weighted by molar-refractivity contribution is 7.53. The topological polar surface area (TPSA) is 46.5 Å². The molecule has 2 rings (SSSR count). The van der Waals surface area contributed by atoms with Gasteiger partial charge in [-0.3, -0.25) is 0 Å². The van der Waals surface area contributed by atoms with Crippen molar-refractivity contribution in [1.82, 2.24) is 0 Å². The van der Waals surface area contributed by atoms with Crippen LogP contribution in [-0.4, -0.2) is 17.2 Å². The molecule has 0 aliphatic carbocycles. The molecule has 1 unspecified atom stereocenters. The van der Waals surface area contributed by atoms with Gasteiger partial charge in [0.25, 0.3) is 0 Å². The second-order valence-electron chi connectivity index (χ2n) is 4.49. The number of alkyl halides is 3. The molecule has 0 aliphatic heterocycles. The standard InChI is InChI=1S/C14H11F4O3P/c15-13-11(10-5-2-1-3-6-10)7-4-8-12(13)21-22(19,20)9-14(16,17)18/h1-8H,9H2,(H,19,20). The zero-order valence-corrected chi connectivity index (χ0v) is 11.9. The monoisotopic (exact) mass is 334 g/mol. The third-order valence-electron chi connectivity index (χ3n) is 2.67. The average molecular weight is 334 g/mol. The maximum Gasteiger partial charge on any atom is 0.401 e. The molecular formula is C14H11F4O3P. The molecule has 0 fully saturated rings. The first-order valence-corrected chi connectivity index (χ1v) is 7.86. The molecule has 2 aromatic rings. The molecule has 1 N–H and O–H groups in total. The van der Waals surface area contributed by atoms with Gasteiger partial charge in [0.2, 0.25) is 0 Å². The summed E-state index contributed by atoms with van der Waals surface area (Å²) in [5, 5.41) is 0. The fraction of sp³-hybridized carbons (Fsp3) is 0.143. The van der Waals surface area contributed by atoms with Gasteiger partial charge >= 0.3 is 13.8 Å². The van der Waals surface area contributed by atoms with Crippen molar-refractivity contribution in [3.63, 3.8) is 0 Å². The van der Waals surface area contributed by atoms with Crippen LogP contribution in [0, 0.1) is 5.82 Å². The van der Waals surface area contributed by atoms with Gasteiger partial charge in [-0.05, 0) is 11.6 Å². The largest absolute Gasteiger partial charge is 0.421 e. The van der Waals surface area contributed by atoms with Crippen LogP contribution in [-0.2, 0) is 4.57 Å². The Morgan fingerprint density at radius 1 is 1.05 bits per heavy atom. The lowest BCUT2D eigenvalue weighted by atomic mass is 10.1. The van der Waals surface area contributed by atoms with Gasteiger partial charge in [-0.25, -0.2) is 8.96 Å². The van der Waals surface area contributed by atoms with E-state index in [2.05, 4.69) is 4.52 Å². The van der Waals surface area contributed by atoms with Gasteiger partial charge in [0.05, 0.1) is 0 Å². The highest BCUT2D eigenvalue weighted by atomic mass is 31.2. The van der Waals surface area contributed by atoms with E-state index in [9.17, 15) is 27.0 Å². The zero-order valence-electron chi connectivity index (χ0n) is 11.0. The van der Waals surface area contributed by atoms with Gasteiger partial charge in [-0.1, -0.05) is 42.5 Å². The van der Waals surface area contributed by atoms with E-state index in [0.717, 1.165) is 6.07 Å². The molecule has 8 heteroatoms. The SMILES string of the molecule is O=P(O)(CC(F)(F)F)Oc1cccc(-c2ccccc2)c1F. The summed E-state index contributed by atoms with van der Waals surface area (Å²) in [5.41, 5.74) is 0.527.